The summed E-state index contributed by atoms with van der Waals surface area (Å²) in [7, 11) is 0. The number of hydrogen-bond acceptors (Lipinski definition) is 3. The van der Waals surface area contributed by atoms with Gasteiger partial charge in [0.25, 0.3) is 5.91 Å². The zero-order valence-corrected chi connectivity index (χ0v) is 14.2. The van der Waals surface area contributed by atoms with Crippen LogP contribution >= 0.6 is 0 Å². The average molecular weight is 394 g/mol. The van der Waals surface area contributed by atoms with E-state index in [0.29, 0.717) is 12.1 Å². The largest absolute Gasteiger partial charge is 0.454 e. The van der Waals surface area contributed by atoms with Gasteiger partial charge in [0.05, 0.1) is 5.69 Å². The Bertz CT molecular complexity index is 1070. The van der Waals surface area contributed by atoms with Crippen LogP contribution in [-0.2, 0) is 0 Å². The Hall–Kier alpha value is -3.49. The first-order valence-electron chi connectivity index (χ1n) is 7.80. The molecule has 3 rings (SSSR count). The molecule has 0 spiro atoms. The number of nitrogens with one attached hydrogen (secondary N) is 1. The highest BCUT2D eigenvalue weighted by atomic mass is 19.2. The Kier molecular flexibility index (Phi) is 5.25. The van der Waals surface area contributed by atoms with Gasteiger partial charge in [-0.15, -0.1) is 0 Å². The second-order valence-corrected chi connectivity index (χ2v) is 5.67. The number of nitrogens with zero attached hydrogens (tertiary/aromatic N) is 1. The van der Waals surface area contributed by atoms with Crippen LogP contribution in [0.25, 0.3) is 0 Å². The zero-order valence-electron chi connectivity index (χ0n) is 14.2. The second-order valence-electron chi connectivity index (χ2n) is 5.67. The lowest BCUT2D eigenvalue weighted by Gasteiger charge is -2.11. The van der Waals surface area contributed by atoms with Crippen molar-refractivity contribution in [1.29, 1.82) is 0 Å². The molecule has 1 N–H and O–H groups in total. The molecule has 2 aromatic carbocycles. The number of aromatic nitrogens is 1. The second kappa shape index (κ2) is 7.63. The van der Waals surface area contributed by atoms with E-state index in [4.69, 9.17) is 4.74 Å². The van der Waals surface area contributed by atoms with E-state index in [0.717, 1.165) is 31.3 Å². The number of carbonyl (C=O) groups excluding carboxylic acids is 1. The van der Waals surface area contributed by atoms with Gasteiger partial charge < -0.3 is 10.1 Å². The molecular formula is C19H11F5N2O2. The first-order chi connectivity index (χ1) is 13.3. The van der Waals surface area contributed by atoms with Crippen molar-refractivity contribution >= 4 is 11.6 Å². The van der Waals surface area contributed by atoms with E-state index in [1.807, 2.05) is 0 Å². The Morgan fingerprint density at radius 1 is 0.964 bits per heavy atom. The number of anilines is 1. The SMILES string of the molecule is Cc1c(F)c(F)cc(Oc2ccnc(C(=O)Nc3ccc(F)cc3F)c2)c1F. The minimum atomic E-state index is -1.33. The molecular weight excluding hydrogens is 383 g/mol. The summed E-state index contributed by atoms with van der Waals surface area (Å²) < 4.78 is 72.6. The summed E-state index contributed by atoms with van der Waals surface area (Å²) in [5.41, 5.74) is -1.07. The van der Waals surface area contributed by atoms with E-state index < -0.39 is 46.3 Å². The van der Waals surface area contributed by atoms with Crippen molar-refractivity contribution in [3.8, 4) is 11.5 Å². The minimum Gasteiger partial charge on any atom is -0.454 e. The summed E-state index contributed by atoms with van der Waals surface area (Å²) in [4.78, 5) is 16.0. The van der Waals surface area contributed by atoms with Crippen molar-refractivity contribution < 1.29 is 31.5 Å². The van der Waals surface area contributed by atoms with Crippen LogP contribution in [0, 0.1) is 36.0 Å². The molecule has 0 aliphatic heterocycles. The lowest BCUT2D eigenvalue weighted by Crippen LogP contribution is -2.14. The molecule has 4 nitrogen and oxygen atoms in total. The van der Waals surface area contributed by atoms with Crippen LogP contribution in [-0.4, -0.2) is 10.9 Å². The van der Waals surface area contributed by atoms with Gasteiger partial charge in [-0.25, -0.2) is 22.0 Å². The Balaban J connectivity index is 1.84. The highest BCUT2D eigenvalue weighted by Gasteiger charge is 2.18. The van der Waals surface area contributed by atoms with E-state index >= 15 is 0 Å². The van der Waals surface area contributed by atoms with E-state index in [1.54, 1.807) is 0 Å². The van der Waals surface area contributed by atoms with E-state index in [2.05, 4.69) is 10.3 Å². The lowest BCUT2D eigenvalue weighted by molar-refractivity contribution is 0.102. The summed E-state index contributed by atoms with van der Waals surface area (Å²) >= 11 is 0. The fraction of sp³-hybridized carbons (Fsp3) is 0.0526. The summed E-state index contributed by atoms with van der Waals surface area (Å²) in [6, 6.07) is 5.46. The molecule has 0 unspecified atom stereocenters. The van der Waals surface area contributed by atoms with Crippen molar-refractivity contribution in [3.05, 3.63) is 82.9 Å². The number of rotatable bonds is 4. The van der Waals surface area contributed by atoms with E-state index in [1.165, 1.54) is 6.07 Å². The van der Waals surface area contributed by atoms with Crippen molar-refractivity contribution in [2.24, 2.45) is 0 Å². The van der Waals surface area contributed by atoms with Gasteiger partial charge in [-0.1, -0.05) is 0 Å². The number of pyridine rings is 1. The molecule has 0 bridgehead atoms. The molecule has 1 heterocycles. The van der Waals surface area contributed by atoms with Crippen molar-refractivity contribution in [3.63, 3.8) is 0 Å². The highest BCUT2D eigenvalue weighted by Crippen LogP contribution is 2.29. The van der Waals surface area contributed by atoms with Crippen LogP contribution in [0.3, 0.4) is 0 Å². The van der Waals surface area contributed by atoms with E-state index in [-0.39, 0.29) is 17.1 Å². The molecule has 1 amide bonds. The van der Waals surface area contributed by atoms with Gasteiger partial charge in [0, 0.05) is 30.0 Å². The summed E-state index contributed by atoms with van der Waals surface area (Å²) in [5, 5.41) is 2.20. The van der Waals surface area contributed by atoms with E-state index in [9.17, 15) is 26.7 Å². The van der Waals surface area contributed by atoms with Gasteiger partial charge in [-0.3, -0.25) is 9.78 Å². The fourth-order valence-corrected chi connectivity index (χ4v) is 2.28. The Morgan fingerprint density at radius 2 is 1.71 bits per heavy atom. The predicted molar refractivity (Wildman–Crippen MR) is 89.7 cm³/mol. The third-order valence-corrected chi connectivity index (χ3v) is 3.71. The lowest BCUT2D eigenvalue weighted by atomic mass is 10.2. The molecule has 0 saturated heterocycles. The fourth-order valence-electron chi connectivity index (χ4n) is 2.28. The van der Waals surface area contributed by atoms with Gasteiger partial charge in [0.2, 0.25) is 0 Å². The molecule has 0 saturated carbocycles. The van der Waals surface area contributed by atoms with Crippen LogP contribution in [0.2, 0.25) is 0 Å². The summed E-state index contributed by atoms with van der Waals surface area (Å²) in [6.45, 7) is 1.04. The van der Waals surface area contributed by atoms with Crippen LogP contribution < -0.4 is 10.1 Å². The van der Waals surface area contributed by atoms with Crippen LogP contribution in [0.1, 0.15) is 16.1 Å². The maximum Gasteiger partial charge on any atom is 0.274 e. The normalized spacial score (nSPS) is 10.6. The maximum absolute atomic E-state index is 14.1. The molecule has 9 heteroatoms. The molecule has 1 aromatic heterocycles. The molecule has 0 atom stereocenters. The first kappa shape index (κ1) is 19.3. The van der Waals surface area contributed by atoms with Gasteiger partial charge in [-0.05, 0) is 25.1 Å². The minimum absolute atomic E-state index is 0.0935. The molecule has 3 aromatic rings. The number of carbonyl (C=O) groups is 1. The molecule has 0 aliphatic rings. The number of hydrogen-bond donors (Lipinski definition) is 1. The zero-order chi connectivity index (χ0) is 20.4. The molecule has 0 radical (unpaired) electrons. The molecule has 144 valence electrons. The monoisotopic (exact) mass is 394 g/mol. The maximum atomic E-state index is 14.1. The molecule has 0 aliphatic carbocycles. The number of ether oxygens (including phenoxy) is 1. The third-order valence-electron chi connectivity index (χ3n) is 3.71. The molecule has 0 fully saturated rings. The smallest absolute Gasteiger partial charge is 0.274 e. The topological polar surface area (TPSA) is 51.2 Å². The van der Waals surface area contributed by atoms with Gasteiger partial charge in [-0.2, -0.15) is 0 Å². The van der Waals surface area contributed by atoms with Gasteiger partial charge >= 0.3 is 0 Å². The van der Waals surface area contributed by atoms with Crippen molar-refractivity contribution in [1.82, 2.24) is 4.98 Å². The van der Waals surface area contributed by atoms with Crippen molar-refractivity contribution in [2.45, 2.75) is 6.92 Å². The first-order valence-corrected chi connectivity index (χ1v) is 7.80. The third kappa shape index (κ3) is 3.93. The van der Waals surface area contributed by atoms with Crippen LogP contribution in [0.5, 0.6) is 11.5 Å². The number of benzene rings is 2. The Labute approximate surface area is 155 Å². The average Bonchev–Trinajstić information content (AvgIpc) is 2.66. The quantitative estimate of drug-likeness (QED) is 0.493. The van der Waals surface area contributed by atoms with Gasteiger partial charge in [0.15, 0.2) is 23.2 Å². The van der Waals surface area contributed by atoms with Gasteiger partial charge in [0.1, 0.15) is 23.1 Å². The van der Waals surface area contributed by atoms with Crippen molar-refractivity contribution in [2.75, 3.05) is 5.32 Å². The Morgan fingerprint density at radius 3 is 2.43 bits per heavy atom. The van der Waals surface area contributed by atoms with Crippen LogP contribution in [0.4, 0.5) is 27.6 Å². The predicted octanol–water partition coefficient (Wildman–Crippen LogP) is 5.13. The summed E-state index contributed by atoms with van der Waals surface area (Å²) in [6.07, 6.45) is 1.15. The summed E-state index contributed by atoms with van der Waals surface area (Å²) in [5.74, 6) is -7.06. The number of halogens is 5. The standard InChI is InChI=1S/C19H11F5N2O2/c1-9-17(23)13(22)8-16(18(9)24)28-11-4-5-25-15(7-11)19(27)26-14-3-2-10(20)6-12(14)21/h2-8H,1H3,(H,26,27). The van der Waals surface area contributed by atoms with Crippen LogP contribution in [0.15, 0.2) is 42.6 Å². The molecule has 28 heavy (non-hydrogen) atoms. The highest BCUT2D eigenvalue weighted by molar-refractivity contribution is 6.03. The number of amides is 1.